The molecule has 6 nitrogen and oxygen atoms in total. The van der Waals surface area contributed by atoms with E-state index in [0.717, 1.165) is 63.3 Å². The van der Waals surface area contributed by atoms with Crippen molar-refractivity contribution in [3.05, 3.63) is 29.6 Å². The van der Waals surface area contributed by atoms with Crippen molar-refractivity contribution in [1.29, 1.82) is 0 Å². The van der Waals surface area contributed by atoms with E-state index in [4.69, 9.17) is 4.74 Å². The molecule has 7 heteroatoms. The number of aliphatic hydroxyl groups is 1. The van der Waals surface area contributed by atoms with Crippen molar-refractivity contribution >= 4 is 21.2 Å². The van der Waals surface area contributed by atoms with Crippen LogP contribution < -0.4 is 4.74 Å². The number of aromatic nitrogens is 1. The lowest BCUT2D eigenvalue weighted by Gasteiger charge is -2.36. The average molecular weight is 434 g/mol. The van der Waals surface area contributed by atoms with Crippen LogP contribution in [-0.2, 0) is 16.1 Å². The standard InChI is InChI=1S/C23H35N3O3S/c1-23(2,27)16-25-9-5-18(6-10-25)21-14-19-13-20(24-15-22(19)29-21)17-7-11-26(12-8-17)30(3,4)28/h7,13,15,18,21,27H,3,5-6,8-12,14,16H2,1-2,4H3. The number of rotatable bonds is 5. The lowest BCUT2D eigenvalue weighted by Crippen LogP contribution is -2.45. The Balaban J connectivity index is 1.36. The van der Waals surface area contributed by atoms with Gasteiger partial charge in [0, 0.05) is 47.6 Å². The minimum Gasteiger partial charge on any atom is -0.488 e. The summed E-state index contributed by atoms with van der Waals surface area (Å²) in [6.07, 6.45) is 9.95. The Morgan fingerprint density at radius 3 is 2.67 bits per heavy atom. The fraction of sp³-hybridized carbons (Fsp3) is 0.652. The molecule has 0 bridgehead atoms. The molecular formula is C23H35N3O3S. The van der Waals surface area contributed by atoms with Crippen molar-refractivity contribution in [3.8, 4) is 5.75 Å². The molecule has 2 unspecified atom stereocenters. The van der Waals surface area contributed by atoms with Crippen molar-refractivity contribution in [1.82, 2.24) is 14.2 Å². The van der Waals surface area contributed by atoms with Crippen LogP contribution in [0.15, 0.2) is 18.3 Å². The van der Waals surface area contributed by atoms with Gasteiger partial charge in [-0.15, -0.1) is 0 Å². The Kier molecular flexibility index (Phi) is 6.01. The van der Waals surface area contributed by atoms with Gasteiger partial charge in [0.25, 0.3) is 0 Å². The molecule has 0 aromatic carbocycles. The summed E-state index contributed by atoms with van der Waals surface area (Å²) in [5.41, 5.74) is 2.86. The highest BCUT2D eigenvalue weighted by Gasteiger charge is 2.34. The number of pyridine rings is 1. The number of hydrogen-bond donors (Lipinski definition) is 1. The molecular weight excluding hydrogens is 398 g/mol. The molecule has 30 heavy (non-hydrogen) atoms. The second-order valence-corrected chi connectivity index (χ2v) is 12.2. The Morgan fingerprint density at radius 1 is 1.33 bits per heavy atom. The van der Waals surface area contributed by atoms with Crippen LogP contribution >= 0.6 is 0 Å². The molecule has 1 saturated heterocycles. The van der Waals surface area contributed by atoms with E-state index in [1.807, 2.05) is 24.3 Å². The van der Waals surface area contributed by atoms with Crippen LogP contribution in [0.4, 0.5) is 0 Å². The van der Waals surface area contributed by atoms with Gasteiger partial charge < -0.3 is 14.7 Å². The molecule has 0 amide bonds. The lowest BCUT2D eigenvalue weighted by molar-refractivity contribution is 0.0143. The third kappa shape index (κ3) is 5.07. The molecule has 0 spiro atoms. The molecule has 0 saturated carbocycles. The zero-order chi connectivity index (χ0) is 21.5. The highest BCUT2D eigenvalue weighted by molar-refractivity contribution is 7.97. The Bertz CT molecular complexity index is 912. The largest absolute Gasteiger partial charge is 0.488 e. The number of likely N-dealkylation sites (tertiary alicyclic amines) is 1. The molecule has 1 fully saturated rings. The van der Waals surface area contributed by atoms with E-state index in [0.29, 0.717) is 12.5 Å². The fourth-order valence-electron chi connectivity index (χ4n) is 4.87. The first-order valence-corrected chi connectivity index (χ1v) is 13.0. The number of β-amino-alcohol motifs (C(OH)–C–C–N with tert-alkyl or cyclic N) is 1. The van der Waals surface area contributed by atoms with Gasteiger partial charge in [-0.2, -0.15) is 0 Å². The van der Waals surface area contributed by atoms with E-state index >= 15 is 0 Å². The summed E-state index contributed by atoms with van der Waals surface area (Å²) in [4.78, 5) is 7.02. The first kappa shape index (κ1) is 21.8. The van der Waals surface area contributed by atoms with Crippen LogP contribution in [0.2, 0.25) is 0 Å². The number of nitrogens with zero attached hydrogens (tertiary/aromatic N) is 3. The van der Waals surface area contributed by atoms with Gasteiger partial charge in [-0.05, 0) is 69.6 Å². The Hall–Kier alpha value is -1.41. The summed E-state index contributed by atoms with van der Waals surface area (Å²) in [5.74, 6) is 5.27. The maximum Gasteiger partial charge on any atom is 0.141 e. The Labute approximate surface area is 181 Å². The molecule has 1 N–H and O–H groups in total. The van der Waals surface area contributed by atoms with Gasteiger partial charge in [0.05, 0.1) is 17.5 Å². The molecule has 1 aromatic heterocycles. The first-order valence-electron chi connectivity index (χ1n) is 11.0. The van der Waals surface area contributed by atoms with Gasteiger partial charge >= 0.3 is 0 Å². The zero-order valence-electron chi connectivity index (χ0n) is 18.5. The van der Waals surface area contributed by atoms with Gasteiger partial charge in [0.1, 0.15) is 11.9 Å². The third-order valence-electron chi connectivity index (χ3n) is 6.46. The number of fused-ring (bicyclic) bond motifs is 1. The maximum atomic E-state index is 12.2. The summed E-state index contributed by atoms with van der Waals surface area (Å²) >= 11 is 0. The van der Waals surface area contributed by atoms with Crippen LogP contribution in [0.5, 0.6) is 5.75 Å². The number of hydrogen-bond acceptors (Lipinski definition) is 5. The van der Waals surface area contributed by atoms with E-state index < -0.39 is 15.3 Å². The van der Waals surface area contributed by atoms with Gasteiger partial charge in [0.15, 0.2) is 0 Å². The maximum absolute atomic E-state index is 12.2. The minimum atomic E-state index is -2.14. The van der Waals surface area contributed by atoms with E-state index in [-0.39, 0.29) is 6.10 Å². The van der Waals surface area contributed by atoms with Crippen molar-refractivity contribution in [2.45, 2.75) is 51.2 Å². The summed E-state index contributed by atoms with van der Waals surface area (Å²) in [7, 11) is -2.14. The van der Waals surface area contributed by atoms with Crippen LogP contribution in [-0.4, -0.2) is 80.1 Å². The summed E-state index contributed by atoms with van der Waals surface area (Å²) in [6, 6.07) is 2.19. The zero-order valence-corrected chi connectivity index (χ0v) is 19.3. The Morgan fingerprint density at radius 2 is 2.07 bits per heavy atom. The molecule has 3 aliphatic heterocycles. The van der Waals surface area contributed by atoms with Crippen LogP contribution in [0, 0.1) is 5.92 Å². The molecule has 166 valence electrons. The molecule has 3 aliphatic rings. The summed E-state index contributed by atoms with van der Waals surface area (Å²) in [6.45, 7) is 7.93. The highest BCUT2D eigenvalue weighted by Crippen LogP contribution is 2.36. The van der Waals surface area contributed by atoms with Gasteiger partial charge in [-0.3, -0.25) is 9.19 Å². The number of ether oxygens (including phenoxy) is 1. The van der Waals surface area contributed by atoms with Crippen molar-refractivity contribution in [3.63, 3.8) is 0 Å². The van der Waals surface area contributed by atoms with Gasteiger partial charge in [-0.1, -0.05) is 6.08 Å². The molecule has 4 rings (SSSR count). The fourth-order valence-corrected chi connectivity index (χ4v) is 5.74. The predicted octanol–water partition coefficient (Wildman–Crippen LogP) is 2.22. The second kappa shape index (κ2) is 8.26. The normalized spacial score (nSPS) is 26.0. The van der Waals surface area contributed by atoms with E-state index in [1.165, 1.54) is 11.1 Å². The predicted molar refractivity (Wildman–Crippen MR) is 123 cm³/mol. The highest BCUT2D eigenvalue weighted by atomic mass is 32.2. The molecule has 2 atom stereocenters. The van der Waals surface area contributed by atoms with Crippen molar-refractivity contribution < 1.29 is 14.1 Å². The van der Waals surface area contributed by atoms with Gasteiger partial charge in [-0.25, -0.2) is 4.31 Å². The minimum absolute atomic E-state index is 0.230. The molecule has 1 aromatic rings. The quantitative estimate of drug-likeness (QED) is 0.722. The summed E-state index contributed by atoms with van der Waals surface area (Å²) < 4.78 is 20.4. The first-order chi connectivity index (χ1) is 14.1. The van der Waals surface area contributed by atoms with Crippen LogP contribution in [0.3, 0.4) is 0 Å². The summed E-state index contributed by atoms with van der Waals surface area (Å²) in [5, 5.41) is 10.1. The number of piperidine rings is 1. The second-order valence-electron chi connectivity index (χ2n) is 9.79. The van der Waals surface area contributed by atoms with Gasteiger partial charge in [0.2, 0.25) is 0 Å². The molecule has 0 aliphatic carbocycles. The third-order valence-corrected chi connectivity index (χ3v) is 7.89. The van der Waals surface area contributed by atoms with Crippen LogP contribution in [0.1, 0.15) is 44.4 Å². The smallest absolute Gasteiger partial charge is 0.141 e. The van der Waals surface area contributed by atoms with E-state index in [1.54, 1.807) is 6.26 Å². The monoisotopic (exact) mass is 433 g/mol. The van der Waals surface area contributed by atoms with Crippen molar-refractivity contribution in [2.75, 3.05) is 39.0 Å². The lowest BCUT2D eigenvalue weighted by atomic mass is 9.88. The molecule has 0 radical (unpaired) electrons. The van der Waals surface area contributed by atoms with Crippen molar-refractivity contribution in [2.24, 2.45) is 5.92 Å². The average Bonchev–Trinajstić information content (AvgIpc) is 3.10. The van der Waals surface area contributed by atoms with E-state index in [9.17, 15) is 9.32 Å². The SMILES string of the molecule is C=S(C)(=O)N1CC=C(c2cc3c(cn2)OC(C2CCN(CC(C)(C)O)CC2)C3)CC1. The topological polar surface area (TPSA) is 65.9 Å². The van der Waals surface area contributed by atoms with E-state index in [2.05, 4.69) is 27.9 Å². The molecule has 4 heterocycles. The van der Waals surface area contributed by atoms with Crippen LogP contribution in [0.25, 0.3) is 5.57 Å².